The molecule has 0 aliphatic rings. The average Bonchev–Trinajstić information content (AvgIpc) is 2.06. The summed E-state index contributed by atoms with van der Waals surface area (Å²) in [4.78, 5) is 4.15. The van der Waals surface area contributed by atoms with Crippen LogP contribution in [0.25, 0.3) is 0 Å². The van der Waals surface area contributed by atoms with Crippen LogP contribution in [0.15, 0.2) is 35.2 Å². The molecule has 0 fully saturated rings. The Morgan fingerprint density at radius 3 is 2.15 bits per heavy atom. The smallest absolute Gasteiger partial charge is 0.323 e. The van der Waals surface area contributed by atoms with Crippen molar-refractivity contribution in [2.24, 2.45) is 0 Å². The molecule has 0 amide bonds. The van der Waals surface area contributed by atoms with Gasteiger partial charge in [0.2, 0.25) is 0 Å². The van der Waals surface area contributed by atoms with Gasteiger partial charge in [-0.05, 0) is 12.1 Å². The average molecular weight is 205 g/mol. The zero-order valence-corrected chi connectivity index (χ0v) is 7.95. The third-order valence-corrected chi connectivity index (χ3v) is 2.35. The minimum atomic E-state index is -3.73. The number of hydrogen-bond donors (Lipinski definition) is 1. The van der Waals surface area contributed by atoms with E-state index in [1.165, 1.54) is 12.1 Å². The summed E-state index contributed by atoms with van der Waals surface area (Å²) in [5.74, 6) is 0. The van der Waals surface area contributed by atoms with E-state index in [1.807, 2.05) is 0 Å². The van der Waals surface area contributed by atoms with E-state index in [9.17, 15) is 8.42 Å². The molecule has 0 aliphatic heterocycles. The van der Waals surface area contributed by atoms with Gasteiger partial charge in [-0.25, -0.2) is 4.89 Å². The molecule has 6 heteroatoms. The summed E-state index contributed by atoms with van der Waals surface area (Å²) in [6.07, 6.45) is 0. The SMILES string of the molecule is COOS(=O)(=O)c1ccccc1.N. The van der Waals surface area contributed by atoms with E-state index in [2.05, 4.69) is 9.22 Å². The summed E-state index contributed by atoms with van der Waals surface area (Å²) in [6, 6.07) is 7.77. The van der Waals surface area contributed by atoms with Crippen LogP contribution in [0.3, 0.4) is 0 Å². The van der Waals surface area contributed by atoms with Crippen LogP contribution in [0.1, 0.15) is 0 Å². The van der Waals surface area contributed by atoms with Crippen LogP contribution in [0.2, 0.25) is 0 Å². The van der Waals surface area contributed by atoms with Gasteiger partial charge in [0.15, 0.2) is 0 Å². The second-order valence-electron chi connectivity index (χ2n) is 2.00. The Kier molecular flexibility index (Phi) is 4.57. The Bertz CT molecular complexity index is 335. The molecule has 0 unspecified atom stereocenters. The molecule has 0 spiro atoms. The van der Waals surface area contributed by atoms with E-state index >= 15 is 0 Å². The first-order chi connectivity index (χ1) is 5.67. The molecule has 0 radical (unpaired) electrons. The number of benzene rings is 1. The van der Waals surface area contributed by atoms with Crippen molar-refractivity contribution in [3.63, 3.8) is 0 Å². The lowest BCUT2D eigenvalue weighted by molar-refractivity contribution is -0.172. The van der Waals surface area contributed by atoms with Crippen LogP contribution in [-0.4, -0.2) is 15.5 Å². The van der Waals surface area contributed by atoms with Gasteiger partial charge in [-0.3, -0.25) is 0 Å². The van der Waals surface area contributed by atoms with Crippen LogP contribution >= 0.6 is 0 Å². The van der Waals surface area contributed by atoms with Crippen LogP contribution < -0.4 is 6.15 Å². The van der Waals surface area contributed by atoms with Crippen molar-refractivity contribution in [2.75, 3.05) is 7.11 Å². The standard InChI is InChI=1S/C7H8O4S.H3N/c1-10-11-12(8,9)7-5-3-2-4-6-7;/h2-6H,1H3;1H3. The van der Waals surface area contributed by atoms with Crippen LogP contribution in [0.4, 0.5) is 0 Å². The highest BCUT2D eigenvalue weighted by Crippen LogP contribution is 2.10. The molecule has 0 aromatic heterocycles. The Morgan fingerprint density at radius 1 is 1.15 bits per heavy atom. The zero-order chi connectivity index (χ0) is 9.03. The predicted octanol–water partition coefficient (Wildman–Crippen LogP) is 1.12. The maximum absolute atomic E-state index is 11.1. The second kappa shape index (κ2) is 4.93. The lowest BCUT2D eigenvalue weighted by atomic mass is 10.4. The summed E-state index contributed by atoms with van der Waals surface area (Å²) in [7, 11) is -2.59. The van der Waals surface area contributed by atoms with Crippen molar-refractivity contribution in [2.45, 2.75) is 4.90 Å². The fourth-order valence-corrected chi connectivity index (χ4v) is 1.46. The van der Waals surface area contributed by atoms with Gasteiger partial charge in [0, 0.05) is 0 Å². The molecule has 1 aromatic carbocycles. The predicted molar refractivity (Wildman–Crippen MR) is 46.7 cm³/mol. The third-order valence-electron chi connectivity index (χ3n) is 1.19. The first-order valence-electron chi connectivity index (χ1n) is 3.19. The number of hydrogen-bond acceptors (Lipinski definition) is 5. The largest absolute Gasteiger partial charge is 0.344 e. The lowest BCUT2D eigenvalue weighted by Gasteiger charge is -1.99. The minimum Gasteiger partial charge on any atom is -0.344 e. The summed E-state index contributed by atoms with van der Waals surface area (Å²) in [5.41, 5.74) is 0. The van der Waals surface area contributed by atoms with E-state index in [1.54, 1.807) is 18.2 Å². The Hall–Kier alpha value is -0.950. The van der Waals surface area contributed by atoms with Crippen molar-refractivity contribution in [3.05, 3.63) is 30.3 Å². The van der Waals surface area contributed by atoms with Crippen molar-refractivity contribution >= 4 is 10.1 Å². The van der Waals surface area contributed by atoms with Crippen molar-refractivity contribution in [1.82, 2.24) is 6.15 Å². The Morgan fingerprint density at radius 2 is 1.69 bits per heavy atom. The van der Waals surface area contributed by atoms with Crippen molar-refractivity contribution < 1.29 is 17.6 Å². The molecule has 0 saturated carbocycles. The van der Waals surface area contributed by atoms with E-state index in [4.69, 9.17) is 0 Å². The van der Waals surface area contributed by atoms with Crippen LogP contribution in [0.5, 0.6) is 0 Å². The second-order valence-corrected chi connectivity index (χ2v) is 3.52. The van der Waals surface area contributed by atoms with Gasteiger partial charge in [-0.2, -0.15) is 8.42 Å². The Balaban J connectivity index is 0.00000144. The molecule has 0 heterocycles. The van der Waals surface area contributed by atoms with E-state index in [0.29, 0.717) is 0 Å². The molecule has 0 bridgehead atoms. The molecule has 1 aromatic rings. The molecular formula is C7H11NO4S. The van der Waals surface area contributed by atoms with Crippen molar-refractivity contribution in [3.8, 4) is 0 Å². The van der Waals surface area contributed by atoms with Gasteiger partial charge in [-0.15, -0.1) is 4.33 Å². The minimum absolute atomic E-state index is 0. The molecule has 0 aliphatic carbocycles. The van der Waals surface area contributed by atoms with Gasteiger partial charge in [0.05, 0.1) is 12.0 Å². The molecule has 74 valence electrons. The first kappa shape index (κ1) is 12.0. The van der Waals surface area contributed by atoms with Crippen LogP contribution in [-0.2, 0) is 19.3 Å². The first-order valence-corrected chi connectivity index (χ1v) is 4.60. The Labute approximate surface area is 76.9 Å². The van der Waals surface area contributed by atoms with Crippen LogP contribution in [0, 0.1) is 0 Å². The highest BCUT2D eigenvalue weighted by Gasteiger charge is 2.13. The maximum Gasteiger partial charge on any atom is 0.323 e. The molecule has 5 nitrogen and oxygen atoms in total. The van der Waals surface area contributed by atoms with Gasteiger partial charge in [0.25, 0.3) is 0 Å². The molecule has 1 rings (SSSR count). The molecule has 13 heavy (non-hydrogen) atoms. The van der Waals surface area contributed by atoms with Gasteiger partial charge in [-0.1, -0.05) is 18.2 Å². The summed E-state index contributed by atoms with van der Waals surface area (Å²) in [6.45, 7) is 0. The highest BCUT2D eigenvalue weighted by molar-refractivity contribution is 7.86. The third kappa shape index (κ3) is 3.11. The molecule has 0 atom stereocenters. The summed E-state index contributed by atoms with van der Waals surface area (Å²) in [5, 5.41) is 0. The maximum atomic E-state index is 11.1. The monoisotopic (exact) mass is 205 g/mol. The topological polar surface area (TPSA) is 87.6 Å². The lowest BCUT2D eigenvalue weighted by Crippen LogP contribution is -2.04. The zero-order valence-electron chi connectivity index (χ0n) is 7.14. The quantitative estimate of drug-likeness (QED) is 0.590. The van der Waals surface area contributed by atoms with Gasteiger partial charge in [0.1, 0.15) is 0 Å². The summed E-state index contributed by atoms with van der Waals surface area (Å²) < 4.78 is 26.3. The fourth-order valence-electron chi connectivity index (χ4n) is 0.716. The summed E-state index contributed by atoms with van der Waals surface area (Å²) >= 11 is 0. The number of rotatable bonds is 3. The van der Waals surface area contributed by atoms with E-state index < -0.39 is 10.1 Å². The van der Waals surface area contributed by atoms with E-state index in [-0.39, 0.29) is 11.0 Å². The van der Waals surface area contributed by atoms with E-state index in [0.717, 1.165) is 7.11 Å². The molecule has 3 N–H and O–H groups in total. The normalized spacial score (nSPS) is 10.5. The van der Waals surface area contributed by atoms with Crippen molar-refractivity contribution in [1.29, 1.82) is 0 Å². The molecular weight excluding hydrogens is 194 g/mol. The molecule has 0 saturated heterocycles. The highest BCUT2D eigenvalue weighted by atomic mass is 32.2. The van der Waals surface area contributed by atoms with Gasteiger partial charge >= 0.3 is 10.1 Å². The van der Waals surface area contributed by atoms with Gasteiger partial charge < -0.3 is 6.15 Å². The fraction of sp³-hybridized carbons (Fsp3) is 0.143.